The monoisotopic (exact) mass is 594 g/mol. The Morgan fingerprint density at radius 3 is 2.59 bits per heavy atom. The van der Waals surface area contributed by atoms with Gasteiger partial charge in [-0.1, -0.05) is 22.9 Å². The van der Waals surface area contributed by atoms with Gasteiger partial charge in [0.2, 0.25) is 0 Å². The second-order valence-electron chi connectivity index (χ2n) is 9.89. The highest BCUT2D eigenvalue weighted by Gasteiger charge is 2.46. The van der Waals surface area contributed by atoms with Gasteiger partial charge in [0.05, 0.1) is 24.5 Å². The van der Waals surface area contributed by atoms with Gasteiger partial charge < -0.3 is 4.74 Å². The van der Waals surface area contributed by atoms with Crippen molar-refractivity contribution >= 4 is 49.8 Å². The molecule has 3 aliphatic rings. The molecule has 1 saturated carbocycles. The van der Waals surface area contributed by atoms with Gasteiger partial charge in [-0.05, 0) is 49.1 Å². The Hall–Kier alpha value is -2.21. The van der Waals surface area contributed by atoms with Crippen molar-refractivity contribution in [2.24, 2.45) is 28.7 Å². The number of benzene rings is 1. The molecule has 37 heavy (non-hydrogen) atoms. The Morgan fingerprint density at radius 2 is 1.89 bits per heavy atom. The molecule has 2 unspecified atom stereocenters. The molecule has 0 aromatic heterocycles. The normalized spacial score (nSPS) is 29.2. The van der Waals surface area contributed by atoms with Gasteiger partial charge in [0.25, 0.3) is 10.1 Å². The third-order valence-corrected chi connectivity index (χ3v) is 9.14. The molecule has 9 nitrogen and oxygen atoms in total. The van der Waals surface area contributed by atoms with E-state index >= 15 is 0 Å². The highest BCUT2D eigenvalue weighted by Crippen LogP contribution is 2.40. The molecule has 0 spiro atoms. The van der Waals surface area contributed by atoms with E-state index in [0.29, 0.717) is 10.9 Å². The number of esters is 1. The molecule has 11 heteroatoms. The fraction of sp³-hybridized carbons (Fsp3) is 0.538. The molecule has 0 saturated heterocycles. The summed E-state index contributed by atoms with van der Waals surface area (Å²) in [7, 11) is -3.02. The van der Waals surface area contributed by atoms with Gasteiger partial charge >= 0.3 is 5.97 Å². The van der Waals surface area contributed by atoms with Gasteiger partial charge in [0.1, 0.15) is 17.8 Å². The molecule has 1 aromatic rings. The largest absolute Gasteiger partial charge is 0.469 e. The Labute approximate surface area is 225 Å². The van der Waals surface area contributed by atoms with Crippen LogP contribution < -0.4 is 5.32 Å². The molecule has 1 aliphatic heterocycles. The Balaban J connectivity index is 1.73. The number of hydrogen-bond acceptors (Lipinski definition) is 9. The van der Waals surface area contributed by atoms with Crippen LogP contribution in [0.3, 0.4) is 0 Å². The summed E-state index contributed by atoms with van der Waals surface area (Å²) in [6, 6.07) is 5.96. The fourth-order valence-electron chi connectivity index (χ4n) is 4.99. The minimum absolute atomic E-state index is 0.0338. The summed E-state index contributed by atoms with van der Waals surface area (Å²) in [5.41, 5.74) is 2.15. The summed E-state index contributed by atoms with van der Waals surface area (Å²) in [6.45, 7) is 1.72. The molecule has 0 bridgehead atoms. The highest BCUT2D eigenvalue weighted by atomic mass is 79.9. The number of nitrogens with one attached hydrogen (secondary N) is 1. The molecule has 1 heterocycles. The zero-order valence-corrected chi connectivity index (χ0v) is 23.2. The number of rotatable bonds is 4. The van der Waals surface area contributed by atoms with Crippen molar-refractivity contribution in [2.45, 2.75) is 56.6 Å². The SMILES string of the molecule is COC(=O)[C@@H]1CC(=O)CC2[C@@H](OS(=O)(=O)c3ccc(Br)cc3)NCC(=O)C(C)CCCC3=C(C3)N=C[C@@H]21. The van der Waals surface area contributed by atoms with Gasteiger partial charge in [0, 0.05) is 53.4 Å². The van der Waals surface area contributed by atoms with Crippen LogP contribution in [0.15, 0.2) is 49.9 Å². The number of allylic oxidation sites excluding steroid dienone is 2. The van der Waals surface area contributed by atoms with Gasteiger partial charge in [-0.3, -0.25) is 24.7 Å². The number of hydrogen-bond donors (Lipinski definition) is 1. The van der Waals surface area contributed by atoms with E-state index in [0.717, 1.165) is 25.0 Å². The van der Waals surface area contributed by atoms with Gasteiger partial charge in [-0.2, -0.15) is 8.42 Å². The van der Waals surface area contributed by atoms with Crippen molar-refractivity contribution in [1.29, 1.82) is 0 Å². The van der Waals surface area contributed by atoms with Crippen molar-refractivity contribution in [3.05, 3.63) is 40.0 Å². The standard InChI is InChI=1S/C26H31BrN2O7S/c1-15-4-3-5-16-10-23(16)28-13-22-20(11-18(30)12-21(22)26(32)35-2)25(29-14-24(15)31)36-37(33,34)19-8-6-17(27)7-9-19/h6-9,13,15,20-22,25,29H,3-5,10-12,14H2,1-2H3/t15?,20?,21-,22+,25-/m1/s1. The number of carbonyl (C=O) groups is 3. The smallest absolute Gasteiger partial charge is 0.309 e. The Bertz CT molecular complexity index is 1230. The van der Waals surface area contributed by atoms with E-state index in [1.54, 1.807) is 18.3 Å². The van der Waals surface area contributed by atoms with Crippen LogP contribution in [0.25, 0.3) is 0 Å². The van der Waals surface area contributed by atoms with Gasteiger partial charge in [-0.15, -0.1) is 0 Å². The predicted octanol–water partition coefficient (Wildman–Crippen LogP) is 3.57. The first-order valence-corrected chi connectivity index (χ1v) is 14.6. The molecule has 4 rings (SSSR count). The van der Waals surface area contributed by atoms with Crippen molar-refractivity contribution in [2.75, 3.05) is 13.7 Å². The Kier molecular flexibility index (Phi) is 8.77. The van der Waals surface area contributed by atoms with E-state index in [1.807, 2.05) is 6.92 Å². The molecule has 1 fully saturated rings. The maximum atomic E-state index is 13.2. The van der Waals surface area contributed by atoms with E-state index < -0.39 is 40.1 Å². The summed E-state index contributed by atoms with van der Waals surface area (Å²) >= 11 is 3.29. The van der Waals surface area contributed by atoms with Crippen LogP contribution in [0.2, 0.25) is 0 Å². The third-order valence-electron chi connectivity index (χ3n) is 7.30. The van der Waals surface area contributed by atoms with Crippen LogP contribution in [0.1, 0.15) is 45.4 Å². The second-order valence-corrected chi connectivity index (χ2v) is 12.4. The number of ether oxygens (including phenoxy) is 1. The maximum Gasteiger partial charge on any atom is 0.309 e. The summed E-state index contributed by atoms with van der Waals surface area (Å²) in [4.78, 5) is 42.9. The average Bonchev–Trinajstić information content (AvgIpc) is 3.62. The van der Waals surface area contributed by atoms with Crippen LogP contribution >= 0.6 is 15.9 Å². The van der Waals surface area contributed by atoms with Crippen molar-refractivity contribution in [3.63, 3.8) is 0 Å². The minimum Gasteiger partial charge on any atom is -0.469 e. The van der Waals surface area contributed by atoms with Gasteiger partial charge in [-0.25, -0.2) is 4.18 Å². The number of aliphatic imine (C=N–C) groups is 1. The number of ketones is 2. The van der Waals surface area contributed by atoms with E-state index in [4.69, 9.17) is 8.92 Å². The van der Waals surface area contributed by atoms with Crippen LogP contribution in [-0.4, -0.2) is 52.1 Å². The second kappa shape index (κ2) is 11.7. The first-order valence-electron chi connectivity index (χ1n) is 12.4. The van der Waals surface area contributed by atoms with Crippen molar-refractivity contribution in [3.8, 4) is 0 Å². The molecule has 1 N–H and O–H groups in total. The van der Waals surface area contributed by atoms with Crippen LogP contribution in [-0.2, 0) is 33.4 Å². The van der Waals surface area contributed by atoms with Crippen molar-refractivity contribution in [1.82, 2.24) is 5.32 Å². The number of fused-ring (bicyclic) bond motifs is 1. The number of Topliss-reactive ketones (excluding diaryl/α,β-unsaturated/α-hetero) is 2. The Morgan fingerprint density at radius 1 is 1.16 bits per heavy atom. The fourth-order valence-corrected chi connectivity index (χ4v) is 6.32. The quantitative estimate of drug-likeness (QED) is 0.414. The first-order chi connectivity index (χ1) is 17.6. The maximum absolute atomic E-state index is 13.2. The molecule has 0 radical (unpaired) electrons. The summed E-state index contributed by atoms with van der Waals surface area (Å²) in [6.07, 6.45) is 3.52. The zero-order chi connectivity index (χ0) is 26.7. The first kappa shape index (κ1) is 27.8. The highest BCUT2D eigenvalue weighted by molar-refractivity contribution is 9.10. The van der Waals surface area contributed by atoms with Crippen LogP contribution in [0.5, 0.6) is 0 Å². The molecule has 2 aliphatic carbocycles. The number of carbonyl (C=O) groups excluding carboxylic acids is 3. The molecule has 5 atom stereocenters. The molecule has 200 valence electrons. The molecular formula is C26H31BrN2O7S. The molecule has 0 amide bonds. The lowest BCUT2D eigenvalue weighted by atomic mass is 9.71. The topological polar surface area (TPSA) is 128 Å². The number of nitrogens with zero attached hydrogens (tertiary/aromatic N) is 1. The number of halogens is 1. The summed E-state index contributed by atoms with van der Waals surface area (Å²) in [5, 5.41) is 2.97. The lowest BCUT2D eigenvalue weighted by Crippen LogP contribution is -2.51. The molecule has 1 aromatic carbocycles. The zero-order valence-electron chi connectivity index (χ0n) is 20.8. The minimum atomic E-state index is -4.28. The van der Waals surface area contributed by atoms with E-state index in [1.165, 1.54) is 24.8 Å². The third kappa shape index (κ3) is 6.81. The predicted molar refractivity (Wildman–Crippen MR) is 139 cm³/mol. The van der Waals surface area contributed by atoms with Gasteiger partial charge in [0.15, 0.2) is 0 Å². The lowest BCUT2D eigenvalue weighted by molar-refractivity contribution is -0.152. The lowest BCUT2D eigenvalue weighted by Gasteiger charge is -2.38. The average molecular weight is 596 g/mol. The summed E-state index contributed by atoms with van der Waals surface area (Å²) < 4.78 is 37.8. The molecular weight excluding hydrogens is 564 g/mol. The van der Waals surface area contributed by atoms with Crippen molar-refractivity contribution < 1.29 is 31.7 Å². The van der Waals surface area contributed by atoms with E-state index in [-0.39, 0.29) is 41.8 Å². The van der Waals surface area contributed by atoms with Crippen LogP contribution in [0.4, 0.5) is 0 Å². The van der Waals surface area contributed by atoms with E-state index in [2.05, 4.69) is 26.2 Å². The number of methoxy groups -OCH3 is 1. The summed E-state index contributed by atoms with van der Waals surface area (Å²) in [5.74, 6) is -3.33. The van der Waals surface area contributed by atoms with Crippen LogP contribution in [0, 0.1) is 23.7 Å². The van der Waals surface area contributed by atoms with E-state index in [9.17, 15) is 22.8 Å².